The minimum atomic E-state index is -4.79. The van der Waals surface area contributed by atoms with E-state index in [-0.39, 0.29) is 48.9 Å². The zero-order chi connectivity index (χ0) is 26.0. The van der Waals surface area contributed by atoms with Crippen LogP contribution >= 0.6 is 15.9 Å². The Kier molecular flexibility index (Phi) is 7.89. The molecule has 1 N–H and O–H groups in total. The molecule has 15 heteroatoms. The molecule has 1 aliphatic heterocycles. The molecule has 0 aliphatic carbocycles. The second-order valence-electron chi connectivity index (χ2n) is 7.53. The number of alkyl halides is 3. The maximum absolute atomic E-state index is 13.2. The van der Waals surface area contributed by atoms with E-state index in [2.05, 4.69) is 25.6 Å². The SMILES string of the molecule is CCOC(=O)C1CCN(c2nc(NS(=O)(=O)c3cccc(C(F)(F)F)c3Br)ccc2[N+](=O)[O-])CC1. The highest BCUT2D eigenvalue weighted by Crippen LogP contribution is 2.38. The first-order chi connectivity index (χ1) is 16.3. The zero-order valence-electron chi connectivity index (χ0n) is 18.2. The number of piperidine rings is 1. The van der Waals surface area contributed by atoms with E-state index in [9.17, 15) is 36.5 Å². The summed E-state index contributed by atoms with van der Waals surface area (Å²) in [5, 5.41) is 11.5. The Morgan fingerprint density at radius 2 is 1.94 bits per heavy atom. The number of ether oxygens (including phenoxy) is 1. The Hall–Kier alpha value is -2.94. The van der Waals surface area contributed by atoms with Crippen LogP contribution in [0.2, 0.25) is 0 Å². The van der Waals surface area contributed by atoms with Crippen LogP contribution in [-0.2, 0) is 25.7 Å². The lowest BCUT2D eigenvalue weighted by Crippen LogP contribution is -2.37. The summed E-state index contributed by atoms with van der Waals surface area (Å²) in [7, 11) is -4.54. The molecule has 1 fully saturated rings. The van der Waals surface area contributed by atoms with E-state index in [1.165, 1.54) is 0 Å². The summed E-state index contributed by atoms with van der Waals surface area (Å²) < 4.78 is 71.7. The van der Waals surface area contributed by atoms with Gasteiger partial charge in [-0.1, -0.05) is 6.07 Å². The largest absolute Gasteiger partial charge is 0.466 e. The van der Waals surface area contributed by atoms with Crippen molar-refractivity contribution >= 4 is 49.2 Å². The Morgan fingerprint density at radius 3 is 2.51 bits per heavy atom. The fourth-order valence-corrected chi connectivity index (χ4v) is 5.82. The summed E-state index contributed by atoms with van der Waals surface area (Å²) >= 11 is 2.71. The molecular weight excluding hydrogens is 561 g/mol. The van der Waals surface area contributed by atoms with Gasteiger partial charge in [0.1, 0.15) is 10.7 Å². The number of sulfonamides is 1. The van der Waals surface area contributed by atoms with Gasteiger partial charge < -0.3 is 9.64 Å². The number of nitro groups is 1. The smallest absolute Gasteiger partial charge is 0.417 e. The molecule has 10 nitrogen and oxygen atoms in total. The molecule has 1 aromatic heterocycles. The average molecular weight is 581 g/mol. The molecule has 2 heterocycles. The van der Waals surface area contributed by atoms with Crippen molar-refractivity contribution in [3.05, 3.63) is 50.5 Å². The first-order valence-corrected chi connectivity index (χ1v) is 12.6. The van der Waals surface area contributed by atoms with E-state index >= 15 is 0 Å². The number of anilines is 2. The number of pyridine rings is 1. The van der Waals surface area contributed by atoms with Gasteiger partial charge in [0.15, 0.2) is 0 Å². The third-order valence-electron chi connectivity index (χ3n) is 5.26. The Morgan fingerprint density at radius 1 is 1.29 bits per heavy atom. The molecule has 0 spiro atoms. The monoisotopic (exact) mass is 580 g/mol. The summed E-state index contributed by atoms with van der Waals surface area (Å²) in [5.41, 5.74) is -1.56. The molecule has 1 aromatic carbocycles. The molecule has 190 valence electrons. The molecule has 1 saturated heterocycles. The first kappa shape index (κ1) is 26.7. The topological polar surface area (TPSA) is 132 Å². The summed E-state index contributed by atoms with van der Waals surface area (Å²) in [6.45, 7) is 2.38. The molecule has 0 atom stereocenters. The van der Waals surface area contributed by atoms with E-state index in [1.807, 2.05) is 0 Å². The van der Waals surface area contributed by atoms with Crippen LogP contribution in [-0.4, -0.2) is 44.0 Å². The van der Waals surface area contributed by atoms with Crippen molar-refractivity contribution in [3.63, 3.8) is 0 Å². The van der Waals surface area contributed by atoms with Gasteiger partial charge in [-0.2, -0.15) is 13.2 Å². The third-order valence-corrected chi connectivity index (χ3v) is 7.78. The number of rotatable bonds is 7. The van der Waals surface area contributed by atoms with Gasteiger partial charge in [-0.15, -0.1) is 0 Å². The lowest BCUT2D eigenvalue weighted by molar-refractivity contribution is -0.384. The predicted octanol–water partition coefficient (Wildman–Crippen LogP) is 4.35. The van der Waals surface area contributed by atoms with Crippen molar-refractivity contribution in [3.8, 4) is 0 Å². The lowest BCUT2D eigenvalue weighted by atomic mass is 9.97. The number of esters is 1. The summed E-state index contributed by atoms with van der Waals surface area (Å²) in [6, 6.07) is 4.76. The number of aromatic nitrogens is 1. The lowest BCUT2D eigenvalue weighted by Gasteiger charge is -2.31. The van der Waals surface area contributed by atoms with Crippen LogP contribution in [0.1, 0.15) is 25.3 Å². The predicted molar refractivity (Wildman–Crippen MR) is 122 cm³/mol. The third kappa shape index (κ3) is 6.01. The Bertz CT molecular complexity index is 1230. The number of nitrogens with zero attached hydrogens (tertiary/aromatic N) is 3. The number of hydrogen-bond acceptors (Lipinski definition) is 8. The molecule has 0 amide bonds. The van der Waals surface area contributed by atoms with E-state index in [0.29, 0.717) is 12.8 Å². The number of hydrogen-bond donors (Lipinski definition) is 1. The molecule has 0 radical (unpaired) electrons. The van der Waals surface area contributed by atoms with Crippen LogP contribution in [0.15, 0.2) is 39.7 Å². The van der Waals surface area contributed by atoms with E-state index < -0.39 is 36.1 Å². The fourth-order valence-electron chi connectivity index (χ4n) is 3.59. The van der Waals surface area contributed by atoms with Gasteiger partial charge in [-0.3, -0.25) is 19.6 Å². The molecule has 0 unspecified atom stereocenters. The van der Waals surface area contributed by atoms with E-state index in [1.54, 1.807) is 11.8 Å². The van der Waals surface area contributed by atoms with Crippen LogP contribution in [0.25, 0.3) is 0 Å². The second-order valence-corrected chi connectivity index (χ2v) is 9.97. The molecule has 0 bridgehead atoms. The molecule has 35 heavy (non-hydrogen) atoms. The van der Waals surface area contributed by atoms with E-state index in [0.717, 1.165) is 30.3 Å². The average Bonchev–Trinajstić information content (AvgIpc) is 2.78. The second kappa shape index (κ2) is 10.4. The minimum Gasteiger partial charge on any atom is -0.466 e. The van der Waals surface area contributed by atoms with Crippen LogP contribution in [0.3, 0.4) is 0 Å². The summed E-state index contributed by atoms with van der Waals surface area (Å²) in [4.78, 5) is 27.8. The van der Waals surface area contributed by atoms with Gasteiger partial charge in [-0.25, -0.2) is 13.4 Å². The Balaban J connectivity index is 1.89. The van der Waals surface area contributed by atoms with Gasteiger partial charge in [0.05, 0.1) is 27.5 Å². The number of benzene rings is 1. The van der Waals surface area contributed by atoms with Crippen molar-refractivity contribution in [2.45, 2.75) is 30.8 Å². The molecule has 3 rings (SSSR count). The number of carbonyl (C=O) groups is 1. The van der Waals surface area contributed by atoms with Crippen LogP contribution < -0.4 is 9.62 Å². The maximum Gasteiger partial charge on any atom is 0.417 e. The quantitative estimate of drug-likeness (QED) is 0.290. The maximum atomic E-state index is 13.2. The zero-order valence-corrected chi connectivity index (χ0v) is 20.6. The Labute approximate surface area is 206 Å². The van der Waals surface area contributed by atoms with Crippen molar-refractivity contribution in [1.82, 2.24) is 4.98 Å². The van der Waals surface area contributed by atoms with Crippen LogP contribution in [0.5, 0.6) is 0 Å². The van der Waals surface area contributed by atoms with Gasteiger partial charge in [0.2, 0.25) is 5.82 Å². The van der Waals surface area contributed by atoms with Gasteiger partial charge in [0.25, 0.3) is 10.0 Å². The number of carbonyl (C=O) groups excluding carboxylic acids is 1. The van der Waals surface area contributed by atoms with Gasteiger partial charge >= 0.3 is 17.8 Å². The fraction of sp³-hybridized carbons (Fsp3) is 0.400. The normalized spacial score (nSPS) is 15.1. The number of nitrogens with one attached hydrogen (secondary N) is 1. The number of halogens is 4. The van der Waals surface area contributed by atoms with E-state index in [4.69, 9.17) is 4.74 Å². The highest BCUT2D eigenvalue weighted by atomic mass is 79.9. The van der Waals surface area contributed by atoms with Crippen LogP contribution in [0, 0.1) is 16.0 Å². The van der Waals surface area contributed by atoms with Crippen LogP contribution in [0.4, 0.5) is 30.5 Å². The highest BCUT2D eigenvalue weighted by molar-refractivity contribution is 9.10. The molecule has 0 saturated carbocycles. The van der Waals surface area contributed by atoms with Crippen molar-refractivity contribution < 1.29 is 36.0 Å². The van der Waals surface area contributed by atoms with Gasteiger partial charge in [0, 0.05) is 19.2 Å². The minimum absolute atomic E-state index is 0.124. The summed E-state index contributed by atoms with van der Waals surface area (Å²) in [6.07, 6.45) is -4.09. The molecule has 1 aliphatic rings. The summed E-state index contributed by atoms with van der Waals surface area (Å²) in [5.74, 6) is -1.17. The first-order valence-electron chi connectivity index (χ1n) is 10.3. The van der Waals surface area contributed by atoms with Crippen molar-refractivity contribution in [1.29, 1.82) is 0 Å². The molecule has 2 aromatic rings. The van der Waals surface area contributed by atoms with Crippen molar-refractivity contribution in [2.24, 2.45) is 5.92 Å². The highest BCUT2D eigenvalue weighted by Gasteiger charge is 2.36. The standard InChI is InChI=1S/C20H20BrF3N4O6S/c1-2-34-19(29)12-8-10-27(11-9-12)18-14(28(30)31)6-7-16(25-18)26-35(32,33)15-5-3-4-13(17(15)21)20(22,23)24/h3-7,12H,2,8-11H2,1H3,(H,25,26). The van der Waals surface area contributed by atoms with Crippen molar-refractivity contribution in [2.75, 3.05) is 29.3 Å². The molecular formula is C20H20BrF3N4O6S. The van der Waals surface area contributed by atoms with Gasteiger partial charge in [-0.05, 0) is 53.9 Å².